The Kier molecular flexibility index (Phi) is 13.6. The molecule has 2 aromatic carbocycles. The summed E-state index contributed by atoms with van der Waals surface area (Å²) in [6.07, 6.45) is -5.08. The highest BCUT2D eigenvalue weighted by Crippen LogP contribution is 2.29. The van der Waals surface area contributed by atoms with Crippen molar-refractivity contribution in [1.82, 2.24) is 21.3 Å². The molecule has 0 saturated carbocycles. The number of rotatable bonds is 16. The van der Waals surface area contributed by atoms with Crippen molar-refractivity contribution < 1.29 is 68.6 Å². The van der Waals surface area contributed by atoms with E-state index in [1.54, 1.807) is 5.32 Å². The summed E-state index contributed by atoms with van der Waals surface area (Å²) in [6, 6.07) is 1.92. The normalized spacial score (nSPS) is 13.9. The van der Waals surface area contributed by atoms with Crippen LogP contribution in [-0.2, 0) is 34.6 Å². The third-order valence-electron chi connectivity index (χ3n) is 6.72. The van der Waals surface area contributed by atoms with Gasteiger partial charge in [-0.15, -0.1) is 0 Å². The first kappa shape index (κ1) is 40.4. The van der Waals surface area contributed by atoms with Crippen LogP contribution in [0, 0.1) is 11.7 Å². The predicted molar refractivity (Wildman–Crippen MR) is 154 cm³/mol. The fourth-order valence-corrected chi connectivity index (χ4v) is 4.12. The van der Waals surface area contributed by atoms with Crippen LogP contribution in [0.4, 0.5) is 35.1 Å². The van der Waals surface area contributed by atoms with Gasteiger partial charge >= 0.3 is 18.0 Å². The molecule has 0 unspecified atom stereocenters. The molecule has 0 aliphatic heterocycles. The van der Waals surface area contributed by atoms with E-state index >= 15 is 0 Å². The van der Waals surface area contributed by atoms with Gasteiger partial charge in [0.15, 0.2) is 0 Å². The van der Waals surface area contributed by atoms with Crippen molar-refractivity contribution in [2.45, 2.75) is 50.0 Å². The Morgan fingerprint density at radius 1 is 0.796 bits per heavy atom. The summed E-state index contributed by atoms with van der Waals surface area (Å²) in [5.41, 5.74) is -1.14. The van der Waals surface area contributed by atoms with Gasteiger partial charge in [-0.05, 0) is 35.7 Å². The monoisotopic (exact) mass is 712 g/mol. The lowest BCUT2D eigenvalue weighted by molar-refractivity contribution is -0.165. The van der Waals surface area contributed by atoms with Gasteiger partial charge in [0.2, 0.25) is 17.6 Å². The van der Waals surface area contributed by atoms with Crippen LogP contribution in [0.1, 0.15) is 31.0 Å². The van der Waals surface area contributed by atoms with Crippen LogP contribution in [0.5, 0.6) is 5.75 Å². The van der Waals surface area contributed by atoms with Crippen LogP contribution in [0.25, 0.3) is 0 Å². The Labute approximate surface area is 274 Å². The molecule has 4 amide bonds. The number of ether oxygens (including phenoxy) is 2. The van der Waals surface area contributed by atoms with Gasteiger partial charge in [0, 0.05) is 12.7 Å². The minimum atomic E-state index is -5.08. The molecule has 0 aromatic heterocycles. The van der Waals surface area contributed by atoms with Crippen LogP contribution in [-0.4, -0.2) is 81.0 Å². The number of Topliss-reactive ketones (excluding diaryl/α,β-unsaturated/α-hetero) is 1. The third kappa shape index (κ3) is 10.8. The van der Waals surface area contributed by atoms with E-state index in [-0.39, 0.29) is 11.3 Å². The number of methoxy groups -OCH3 is 2. The lowest BCUT2D eigenvalue weighted by Gasteiger charge is -2.28. The zero-order valence-electron chi connectivity index (χ0n) is 26.2. The summed E-state index contributed by atoms with van der Waals surface area (Å²) in [4.78, 5) is 64.0. The topological polar surface area (TPSA) is 152 Å². The minimum Gasteiger partial charge on any atom is -0.497 e. The molecule has 0 fully saturated rings. The van der Waals surface area contributed by atoms with Gasteiger partial charge < -0.3 is 30.7 Å². The van der Waals surface area contributed by atoms with E-state index in [1.807, 2.05) is 5.32 Å². The summed E-state index contributed by atoms with van der Waals surface area (Å²) >= 11 is 0. The molecular formula is C30H32F8N4O7. The van der Waals surface area contributed by atoms with Crippen molar-refractivity contribution in [2.24, 2.45) is 5.92 Å². The molecule has 3 atom stereocenters. The molecular weight excluding hydrogens is 680 g/mol. The molecule has 0 aliphatic carbocycles. The van der Waals surface area contributed by atoms with Gasteiger partial charge in [-0.1, -0.05) is 38.1 Å². The number of amides is 4. The summed E-state index contributed by atoms with van der Waals surface area (Å²) in [5, 5.41) is 6.75. The third-order valence-corrected chi connectivity index (χ3v) is 6.72. The zero-order valence-corrected chi connectivity index (χ0v) is 26.2. The average Bonchev–Trinajstić information content (AvgIpc) is 3.03. The van der Waals surface area contributed by atoms with Gasteiger partial charge in [0.25, 0.3) is 11.8 Å². The second-order valence-electron chi connectivity index (χ2n) is 10.7. The van der Waals surface area contributed by atoms with Crippen LogP contribution >= 0.6 is 0 Å². The Balaban J connectivity index is 2.41. The molecule has 0 heterocycles. The highest BCUT2D eigenvalue weighted by Gasteiger charge is 2.52. The number of ketones is 1. The van der Waals surface area contributed by atoms with E-state index in [9.17, 15) is 59.1 Å². The Morgan fingerprint density at radius 3 is 1.92 bits per heavy atom. The van der Waals surface area contributed by atoms with E-state index < -0.39 is 96.0 Å². The maximum atomic E-state index is 14.9. The Morgan fingerprint density at radius 2 is 1.41 bits per heavy atom. The zero-order chi connectivity index (χ0) is 37.3. The lowest BCUT2D eigenvalue weighted by atomic mass is 9.94. The molecule has 11 nitrogen and oxygen atoms in total. The van der Waals surface area contributed by atoms with Crippen LogP contribution in [0.3, 0.4) is 0 Å². The largest absolute Gasteiger partial charge is 0.497 e. The molecule has 49 heavy (non-hydrogen) atoms. The van der Waals surface area contributed by atoms with Crippen LogP contribution < -0.4 is 26.0 Å². The number of alkyl halides is 7. The summed E-state index contributed by atoms with van der Waals surface area (Å²) in [7, 11) is 2.33. The van der Waals surface area contributed by atoms with Gasteiger partial charge in [0.05, 0.1) is 19.8 Å². The number of nitrogens with one attached hydrogen (secondary N) is 4. The number of carbonyl (C=O) groups excluding carboxylic acids is 5. The first-order chi connectivity index (χ1) is 22.6. The molecule has 2 aromatic rings. The SMILES string of the molecule is COC[C@H](NC(=O)C(F)(F)c1cccc(F)c1)C(=O)N[C@H](C(=O)N[C@H](C(=O)C(F)(F)C(=O)NCC(F)(F)F)C(C)C)c1ccc(OC)cc1. The van der Waals surface area contributed by atoms with Crippen molar-refractivity contribution in [2.75, 3.05) is 27.4 Å². The first-order valence-electron chi connectivity index (χ1n) is 14.1. The second kappa shape index (κ2) is 16.5. The van der Waals surface area contributed by atoms with E-state index in [0.29, 0.717) is 6.07 Å². The fraction of sp³-hybridized carbons (Fsp3) is 0.433. The molecule has 19 heteroatoms. The molecule has 0 spiro atoms. The molecule has 0 aliphatic rings. The maximum absolute atomic E-state index is 14.9. The molecule has 0 saturated heterocycles. The van der Waals surface area contributed by atoms with Crippen molar-refractivity contribution in [3.05, 3.63) is 65.5 Å². The molecule has 4 N–H and O–H groups in total. The summed E-state index contributed by atoms with van der Waals surface area (Å²) < 4.78 is 120. The standard InChI is InChI=1S/C30H32F8N4O7/c1-15(2)21(23(43)30(37,38)26(46)39-14-28(32,33)34)41-25(45)22(16-8-10-19(49-4)11-9-16)42-24(44)20(13-48-3)40-27(47)29(35,36)17-6-5-7-18(31)12-17/h5-12,15,20-22H,13-14H2,1-4H3,(H,39,46)(H,40,47)(H,41,45)(H,42,44)/t20-,21-,22-/m0/s1. The van der Waals surface area contributed by atoms with Crippen molar-refractivity contribution in [1.29, 1.82) is 0 Å². The number of hydrogen-bond acceptors (Lipinski definition) is 7. The molecule has 0 bridgehead atoms. The van der Waals surface area contributed by atoms with Gasteiger partial charge in [-0.2, -0.15) is 30.7 Å². The van der Waals surface area contributed by atoms with E-state index in [4.69, 9.17) is 9.47 Å². The highest BCUT2D eigenvalue weighted by molar-refractivity contribution is 6.10. The number of carbonyl (C=O) groups is 5. The van der Waals surface area contributed by atoms with Gasteiger partial charge in [-0.3, -0.25) is 24.0 Å². The first-order valence-corrected chi connectivity index (χ1v) is 14.1. The highest BCUT2D eigenvalue weighted by atomic mass is 19.4. The van der Waals surface area contributed by atoms with Gasteiger partial charge in [0.1, 0.15) is 30.2 Å². The number of benzene rings is 2. The molecule has 270 valence electrons. The van der Waals surface area contributed by atoms with E-state index in [0.717, 1.165) is 44.5 Å². The average molecular weight is 713 g/mol. The Bertz CT molecular complexity index is 1500. The number of halogens is 8. The van der Waals surface area contributed by atoms with Crippen LogP contribution in [0.2, 0.25) is 0 Å². The maximum Gasteiger partial charge on any atom is 0.405 e. The second-order valence-corrected chi connectivity index (χ2v) is 10.7. The van der Waals surface area contributed by atoms with E-state index in [1.165, 1.54) is 31.4 Å². The molecule has 2 rings (SSSR count). The Hall–Kier alpha value is -4.81. The van der Waals surface area contributed by atoms with Crippen LogP contribution in [0.15, 0.2) is 48.5 Å². The van der Waals surface area contributed by atoms with Gasteiger partial charge in [-0.25, -0.2) is 4.39 Å². The smallest absolute Gasteiger partial charge is 0.405 e. The predicted octanol–water partition coefficient (Wildman–Crippen LogP) is 2.94. The van der Waals surface area contributed by atoms with Crippen molar-refractivity contribution in [3.63, 3.8) is 0 Å². The lowest BCUT2D eigenvalue weighted by Crippen LogP contribution is -2.59. The fourth-order valence-electron chi connectivity index (χ4n) is 4.12. The summed E-state index contributed by atoms with van der Waals surface area (Å²) in [6.45, 7) is -0.598. The van der Waals surface area contributed by atoms with E-state index in [2.05, 4.69) is 5.32 Å². The summed E-state index contributed by atoms with van der Waals surface area (Å²) in [5.74, 6) is -21.1. The van der Waals surface area contributed by atoms with Crippen molar-refractivity contribution in [3.8, 4) is 5.75 Å². The van der Waals surface area contributed by atoms with Crippen molar-refractivity contribution >= 4 is 29.4 Å². The minimum absolute atomic E-state index is 0.0936. The number of hydrogen-bond donors (Lipinski definition) is 4. The molecule has 0 radical (unpaired) electrons. The quantitative estimate of drug-likeness (QED) is 0.154.